The topological polar surface area (TPSA) is 9.72 Å². The summed E-state index contributed by atoms with van der Waals surface area (Å²) >= 11 is -1.62. The van der Waals surface area contributed by atoms with Crippen LogP contribution in [0.4, 0.5) is 0 Å². The fourth-order valence-corrected chi connectivity index (χ4v) is 0.853. The van der Waals surface area contributed by atoms with E-state index in [2.05, 4.69) is 49.9 Å². The second kappa shape index (κ2) is 12.7. The SMILES string of the molecule is CN(C)CCN(C)CCN(C)C.[Cl][Cr]([Cl])[Cl]. The molecule has 0 aromatic carbocycles. The second-order valence-electron chi connectivity index (χ2n) is 4.08. The van der Waals surface area contributed by atoms with Gasteiger partial charge in [-0.1, -0.05) is 0 Å². The van der Waals surface area contributed by atoms with E-state index < -0.39 is 11.4 Å². The number of hydrogen-bond acceptors (Lipinski definition) is 3. The predicted molar refractivity (Wildman–Crippen MR) is 72.2 cm³/mol. The Labute approximate surface area is 117 Å². The van der Waals surface area contributed by atoms with Crippen LogP contribution >= 0.6 is 30.1 Å². The van der Waals surface area contributed by atoms with Gasteiger partial charge in [-0.25, -0.2) is 0 Å². The third kappa shape index (κ3) is 24.5. The van der Waals surface area contributed by atoms with Crippen molar-refractivity contribution in [3.63, 3.8) is 0 Å². The van der Waals surface area contributed by atoms with E-state index in [-0.39, 0.29) is 0 Å². The van der Waals surface area contributed by atoms with Crippen LogP contribution in [0.1, 0.15) is 0 Å². The summed E-state index contributed by atoms with van der Waals surface area (Å²) in [7, 11) is 25.4. The van der Waals surface area contributed by atoms with Crippen LogP contribution in [0.5, 0.6) is 0 Å². The fourth-order valence-electron chi connectivity index (χ4n) is 0.853. The van der Waals surface area contributed by atoms with Crippen LogP contribution in [-0.4, -0.2) is 76.1 Å². The molecule has 0 atom stereocenters. The van der Waals surface area contributed by atoms with Gasteiger partial charge in [0.2, 0.25) is 0 Å². The fraction of sp³-hybridized carbons (Fsp3) is 1.00. The standard InChI is InChI=1S/C9H23N3.3ClH.Cr/c1-10(2)6-8-12(5)9-7-11(3)4;;;;/h6-9H2,1-5H3;3*1H;/q;;;;+3/p-3. The second-order valence-corrected chi connectivity index (χ2v) is 10.4. The Morgan fingerprint density at radius 1 is 0.688 bits per heavy atom. The van der Waals surface area contributed by atoms with E-state index in [1.165, 1.54) is 0 Å². The number of likely N-dealkylation sites (N-methyl/N-ethyl adjacent to an activating group) is 3. The minimum atomic E-state index is -1.62. The maximum absolute atomic E-state index is 4.93. The van der Waals surface area contributed by atoms with Gasteiger partial charge in [0.1, 0.15) is 0 Å². The van der Waals surface area contributed by atoms with Crippen molar-refractivity contribution in [2.75, 3.05) is 61.4 Å². The minimum absolute atomic E-state index is 1.14. The maximum atomic E-state index is 4.93. The van der Waals surface area contributed by atoms with E-state index in [0.717, 1.165) is 26.2 Å². The Morgan fingerprint density at radius 2 is 0.938 bits per heavy atom. The van der Waals surface area contributed by atoms with Crippen molar-refractivity contribution in [3.05, 3.63) is 0 Å². The molecule has 0 saturated carbocycles. The summed E-state index contributed by atoms with van der Waals surface area (Å²) in [5, 5.41) is 0. The summed E-state index contributed by atoms with van der Waals surface area (Å²) < 4.78 is 0. The van der Waals surface area contributed by atoms with Crippen LogP contribution in [-0.2, 0) is 11.4 Å². The molecule has 0 aromatic heterocycles. The van der Waals surface area contributed by atoms with Crippen molar-refractivity contribution in [1.29, 1.82) is 0 Å². The first kappa shape index (κ1) is 19.6. The zero-order valence-corrected chi connectivity index (χ0v) is 14.3. The molecule has 0 aliphatic rings. The molecule has 0 N–H and O–H groups in total. The van der Waals surface area contributed by atoms with Gasteiger partial charge in [-0.2, -0.15) is 0 Å². The molecule has 0 heterocycles. The zero-order valence-electron chi connectivity index (χ0n) is 10.7. The Kier molecular flexibility index (Phi) is 15.6. The van der Waals surface area contributed by atoms with E-state index in [1.54, 1.807) is 0 Å². The molecule has 7 heteroatoms. The van der Waals surface area contributed by atoms with Gasteiger partial charge >= 0.3 is 41.5 Å². The summed E-state index contributed by atoms with van der Waals surface area (Å²) in [5.74, 6) is 0. The van der Waals surface area contributed by atoms with Crippen molar-refractivity contribution in [1.82, 2.24) is 14.7 Å². The summed E-state index contributed by atoms with van der Waals surface area (Å²) in [6, 6.07) is 0. The first-order chi connectivity index (χ1) is 7.25. The zero-order chi connectivity index (χ0) is 13.1. The molecule has 0 spiro atoms. The predicted octanol–water partition coefficient (Wildman–Crippen LogP) is 2.11. The Bertz CT molecular complexity index is 133. The molecule has 101 valence electrons. The first-order valence-corrected chi connectivity index (χ1v) is 10.2. The molecular formula is C9H23Cl3CrN3. The third-order valence-corrected chi connectivity index (χ3v) is 1.86. The quantitative estimate of drug-likeness (QED) is 0.738. The van der Waals surface area contributed by atoms with Crippen molar-refractivity contribution < 1.29 is 11.4 Å². The van der Waals surface area contributed by atoms with Crippen LogP contribution in [0, 0.1) is 0 Å². The first-order valence-electron chi connectivity index (χ1n) is 4.96. The third-order valence-electron chi connectivity index (χ3n) is 1.86. The van der Waals surface area contributed by atoms with E-state index in [0.29, 0.717) is 0 Å². The molecule has 0 amide bonds. The van der Waals surface area contributed by atoms with Crippen LogP contribution in [0.15, 0.2) is 0 Å². The van der Waals surface area contributed by atoms with E-state index >= 15 is 0 Å². The normalized spacial score (nSPS) is 11.2. The van der Waals surface area contributed by atoms with Gasteiger partial charge < -0.3 is 14.7 Å². The molecule has 0 rings (SSSR count). The van der Waals surface area contributed by atoms with Crippen molar-refractivity contribution in [3.8, 4) is 0 Å². The van der Waals surface area contributed by atoms with Crippen LogP contribution in [0.25, 0.3) is 0 Å². The number of nitrogens with zero attached hydrogens (tertiary/aromatic N) is 3. The average Bonchev–Trinajstić information content (AvgIpc) is 2.10. The van der Waals surface area contributed by atoms with Gasteiger partial charge in [0.15, 0.2) is 0 Å². The molecular weight excluding hydrogens is 308 g/mol. The monoisotopic (exact) mass is 330 g/mol. The molecule has 0 aliphatic carbocycles. The molecule has 0 fully saturated rings. The van der Waals surface area contributed by atoms with Gasteiger partial charge in [-0.3, -0.25) is 0 Å². The van der Waals surface area contributed by atoms with E-state index in [1.807, 2.05) is 0 Å². The van der Waals surface area contributed by atoms with Crippen LogP contribution in [0.3, 0.4) is 0 Å². The summed E-state index contributed by atoms with van der Waals surface area (Å²) in [4.78, 5) is 6.79. The van der Waals surface area contributed by atoms with Crippen molar-refractivity contribution in [2.24, 2.45) is 0 Å². The molecule has 0 saturated heterocycles. The van der Waals surface area contributed by atoms with Crippen molar-refractivity contribution >= 4 is 30.1 Å². The van der Waals surface area contributed by atoms with Gasteiger partial charge in [0.05, 0.1) is 0 Å². The average molecular weight is 332 g/mol. The van der Waals surface area contributed by atoms with E-state index in [4.69, 9.17) is 30.1 Å². The number of hydrogen-bond donors (Lipinski definition) is 0. The van der Waals surface area contributed by atoms with Gasteiger partial charge in [0, 0.05) is 26.2 Å². The summed E-state index contributed by atoms with van der Waals surface area (Å²) in [5.41, 5.74) is 0. The number of rotatable bonds is 6. The molecule has 0 bridgehead atoms. The van der Waals surface area contributed by atoms with Crippen molar-refractivity contribution in [2.45, 2.75) is 0 Å². The molecule has 0 aliphatic heterocycles. The summed E-state index contributed by atoms with van der Waals surface area (Å²) in [6.45, 7) is 4.59. The Balaban J connectivity index is 0. The van der Waals surface area contributed by atoms with Crippen LogP contribution < -0.4 is 0 Å². The van der Waals surface area contributed by atoms with Crippen LogP contribution in [0.2, 0.25) is 0 Å². The van der Waals surface area contributed by atoms with Gasteiger partial charge in [-0.05, 0) is 35.2 Å². The Morgan fingerprint density at radius 3 is 1.12 bits per heavy atom. The molecule has 0 unspecified atom stereocenters. The number of halogens is 3. The summed E-state index contributed by atoms with van der Waals surface area (Å²) in [6.07, 6.45) is 0. The molecule has 0 radical (unpaired) electrons. The molecule has 0 aromatic rings. The Hall–Kier alpha value is 1.28. The molecule has 16 heavy (non-hydrogen) atoms. The van der Waals surface area contributed by atoms with Gasteiger partial charge in [0.25, 0.3) is 0 Å². The molecule has 3 nitrogen and oxygen atoms in total. The van der Waals surface area contributed by atoms with E-state index in [9.17, 15) is 0 Å². The van der Waals surface area contributed by atoms with Gasteiger partial charge in [-0.15, -0.1) is 0 Å².